The number of nitrogens with one attached hydrogen (secondary N) is 2. The molecule has 154 valence electrons. The van der Waals surface area contributed by atoms with Crippen LogP contribution in [0.15, 0.2) is 41.7 Å². The average Bonchev–Trinajstić information content (AvgIpc) is 3.30. The highest BCUT2D eigenvalue weighted by Gasteiger charge is 2.12. The van der Waals surface area contributed by atoms with Crippen LogP contribution in [0.1, 0.15) is 36.6 Å². The van der Waals surface area contributed by atoms with Crippen LogP contribution in [-0.2, 0) is 19.5 Å². The van der Waals surface area contributed by atoms with Crippen molar-refractivity contribution in [2.75, 3.05) is 13.1 Å². The van der Waals surface area contributed by atoms with Gasteiger partial charge in [0.25, 0.3) is 0 Å². The van der Waals surface area contributed by atoms with E-state index in [9.17, 15) is 0 Å². The van der Waals surface area contributed by atoms with Crippen molar-refractivity contribution in [1.29, 1.82) is 0 Å². The maximum atomic E-state index is 4.77. The lowest BCUT2D eigenvalue weighted by Crippen LogP contribution is -2.39. The van der Waals surface area contributed by atoms with Crippen LogP contribution in [0, 0.1) is 13.8 Å². The number of nitrogens with zero attached hydrogens (tertiary/aromatic N) is 6. The zero-order valence-corrected chi connectivity index (χ0v) is 17.7. The second-order valence-electron chi connectivity index (χ2n) is 6.81. The standard InChI is InChI=1S/C21H30N8/c1-5-20-26-25-15-28(20)13-12-23-21(22-6-2)24-14-19-16(3)27-29(17(19)4)18-10-8-7-9-11-18/h7-11,15H,5-6,12-14H2,1-4H3,(H2,22,23,24). The summed E-state index contributed by atoms with van der Waals surface area (Å²) in [4.78, 5) is 4.77. The topological polar surface area (TPSA) is 85.0 Å². The van der Waals surface area contributed by atoms with Crippen molar-refractivity contribution < 1.29 is 0 Å². The lowest BCUT2D eigenvalue weighted by molar-refractivity contribution is 0.632. The maximum Gasteiger partial charge on any atom is 0.191 e. The molecule has 8 heteroatoms. The normalized spacial score (nSPS) is 11.7. The third-order valence-electron chi connectivity index (χ3n) is 4.84. The Bertz CT molecular complexity index is 939. The Morgan fingerprint density at radius 1 is 1.10 bits per heavy atom. The number of hydrogen-bond donors (Lipinski definition) is 2. The summed E-state index contributed by atoms with van der Waals surface area (Å²) in [5.74, 6) is 1.79. The van der Waals surface area contributed by atoms with E-state index in [0.717, 1.165) is 60.5 Å². The van der Waals surface area contributed by atoms with Crippen LogP contribution < -0.4 is 10.6 Å². The van der Waals surface area contributed by atoms with E-state index in [0.29, 0.717) is 6.54 Å². The van der Waals surface area contributed by atoms with E-state index in [1.54, 1.807) is 6.33 Å². The fraction of sp³-hybridized carbons (Fsp3) is 0.429. The van der Waals surface area contributed by atoms with E-state index in [2.05, 4.69) is 58.3 Å². The molecule has 0 aliphatic rings. The van der Waals surface area contributed by atoms with E-state index in [1.807, 2.05) is 29.8 Å². The first-order valence-electron chi connectivity index (χ1n) is 10.1. The molecule has 0 saturated heterocycles. The molecule has 8 nitrogen and oxygen atoms in total. The third-order valence-corrected chi connectivity index (χ3v) is 4.84. The van der Waals surface area contributed by atoms with Crippen molar-refractivity contribution in [3.05, 3.63) is 59.4 Å². The molecule has 0 atom stereocenters. The summed E-state index contributed by atoms with van der Waals surface area (Å²) in [6, 6.07) is 10.2. The van der Waals surface area contributed by atoms with Crippen LogP contribution in [0.3, 0.4) is 0 Å². The number of aliphatic imine (C=N–C) groups is 1. The van der Waals surface area contributed by atoms with Gasteiger partial charge in [-0.15, -0.1) is 10.2 Å². The highest BCUT2D eigenvalue weighted by molar-refractivity contribution is 5.79. The molecule has 2 heterocycles. The Balaban J connectivity index is 1.68. The Kier molecular flexibility index (Phi) is 6.99. The molecule has 3 aromatic rings. The number of guanidine groups is 1. The van der Waals surface area contributed by atoms with Gasteiger partial charge in [0.05, 0.1) is 17.9 Å². The molecular weight excluding hydrogens is 364 g/mol. The second kappa shape index (κ2) is 9.86. The van der Waals surface area contributed by atoms with Crippen molar-refractivity contribution in [2.45, 2.75) is 47.2 Å². The lowest BCUT2D eigenvalue weighted by Gasteiger charge is -2.12. The summed E-state index contributed by atoms with van der Waals surface area (Å²) in [5, 5.41) is 19.5. The van der Waals surface area contributed by atoms with Crippen LogP contribution in [-0.4, -0.2) is 43.6 Å². The molecule has 0 spiro atoms. The highest BCUT2D eigenvalue weighted by Crippen LogP contribution is 2.18. The Morgan fingerprint density at radius 2 is 1.90 bits per heavy atom. The molecule has 3 rings (SSSR count). The Morgan fingerprint density at radius 3 is 2.62 bits per heavy atom. The molecule has 0 saturated carbocycles. The number of aryl methyl sites for hydroxylation is 2. The third kappa shape index (κ3) is 5.01. The molecule has 0 radical (unpaired) electrons. The predicted molar refractivity (Wildman–Crippen MR) is 115 cm³/mol. The average molecular weight is 395 g/mol. The van der Waals surface area contributed by atoms with E-state index >= 15 is 0 Å². The maximum absolute atomic E-state index is 4.77. The van der Waals surface area contributed by atoms with Gasteiger partial charge in [-0.3, -0.25) is 0 Å². The molecular formula is C21H30N8. The smallest absolute Gasteiger partial charge is 0.191 e. The molecule has 0 amide bonds. The minimum Gasteiger partial charge on any atom is -0.357 e. The van der Waals surface area contributed by atoms with Gasteiger partial charge in [0.2, 0.25) is 0 Å². The van der Waals surface area contributed by atoms with Crippen molar-refractivity contribution in [1.82, 2.24) is 35.2 Å². The van der Waals surface area contributed by atoms with Crippen molar-refractivity contribution in [2.24, 2.45) is 4.99 Å². The van der Waals surface area contributed by atoms with Crippen LogP contribution in [0.25, 0.3) is 5.69 Å². The van der Waals surface area contributed by atoms with E-state index in [-0.39, 0.29) is 0 Å². The van der Waals surface area contributed by atoms with Gasteiger partial charge < -0.3 is 15.2 Å². The second-order valence-corrected chi connectivity index (χ2v) is 6.81. The molecule has 2 aromatic heterocycles. The minimum absolute atomic E-state index is 0.576. The predicted octanol–water partition coefficient (Wildman–Crippen LogP) is 2.40. The van der Waals surface area contributed by atoms with Gasteiger partial charge in [-0.05, 0) is 32.9 Å². The molecule has 1 aromatic carbocycles. The number of para-hydroxylation sites is 1. The van der Waals surface area contributed by atoms with Crippen molar-refractivity contribution in [3.8, 4) is 5.69 Å². The van der Waals surface area contributed by atoms with Gasteiger partial charge in [-0.25, -0.2) is 9.67 Å². The molecule has 2 N–H and O–H groups in total. The van der Waals surface area contributed by atoms with E-state index < -0.39 is 0 Å². The van der Waals surface area contributed by atoms with Crippen LogP contribution in [0.4, 0.5) is 0 Å². The number of rotatable bonds is 8. The van der Waals surface area contributed by atoms with Gasteiger partial charge >= 0.3 is 0 Å². The van der Waals surface area contributed by atoms with Crippen LogP contribution in [0.2, 0.25) is 0 Å². The van der Waals surface area contributed by atoms with Crippen molar-refractivity contribution in [3.63, 3.8) is 0 Å². The molecule has 29 heavy (non-hydrogen) atoms. The number of benzene rings is 1. The van der Waals surface area contributed by atoms with Gasteiger partial charge in [0, 0.05) is 37.3 Å². The van der Waals surface area contributed by atoms with E-state index in [1.165, 1.54) is 0 Å². The first kappa shape index (κ1) is 20.6. The quantitative estimate of drug-likeness (QED) is 0.453. The summed E-state index contributed by atoms with van der Waals surface area (Å²) in [6.45, 7) is 11.2. The van der Waals surface area contributed by atoms with Gasteiger partial charge in [-0.1, -0.05) is 25.1 Å². The Hall–Kier alpha value is -3.16. The summed E-state index contributed by atoms with van der Waals surface area (Å²) in [7, 11) is 0. The number of hydrogen-bond acceptors (Lipinski definition) is 4. The molecule has 0 aliphatic heterocycles. The summed E-state index contributed by atoms with van der Waals surface area (Å²) < 4.78 is 4.05. The molecule has 0 aliphatic carbocycles. The first-order chi connectivity index (χ1) is 14.1. The lowest BCUT2D eigenvalue weighted by atomic mass is 10.2. The fourth-order valence-electron chi connectivity index (χ4n) is 3.26. The summed E-state index contributed by atoms with van der Waals surface area (Å²) in [5.41, 5.74) is 4.33. The van der Waals surface area contributed by atoms with E-state index in [4.69, 9.17) is 10.1 Å². The zero-order valence-electron chi connectivity index (χ0n) is 17.7. The van der Waals surface area contributed by atoms with Crippen LogP contribution >= 0.6 is 0 Å². The monoisotopic (exact) mass is 394 g/mol. The van der Waals surface area contributed by atoms with Gasteiger partial charge in [-0.2, -0.15) is 5.10 Å². The largest absolute Gasteiger partial charge is 0.357 e. The minimum atomic E-state index is 0.576. The molecule has 0 fully saturated rings. The summed E-state index contributed by atoms with van der Waals surface area (Å²) in [6.07, 6.45) is 2.65. The van der Waals surface area contributed by atoms with Gasteiger partial charge in [0.15, 0.2) is 5.96 Å². The Labute approximate surface area is 172 Å². The van der Waals surface area contributed by atoms with Crippen LogP contribution in [0.5, 0.6) is 0 Å². The molecule has 0 unspecified atom stereocenters. The molecule has 0 bridgehead atoms. The zero-order chi connectivity index (χ0) is 20.6. The SMILES string of the molecule is CCNC(=NCc1c(C)nn(-c2ccccc2)c1C)NCCn1cnnc1CC. The highest BCUT2D eigenvalue weighted by atomic mass is 15.3. The fourth-order valence-corrected chi connectivity index (χ4v) is 3.26. The van der Waals surface area contributed by atoms with Gasteiger partial charge in [0.1, 0.15) is 12.2 Å². The summed E-state index contributed by atoms with van der Waals surface area (Å²) >= 11 is 0. The van der Waals surface area contributed by atoms with Crippen molar-refractivity contribution >= 4 is 5.96 Å². The number of aromatic nitrogens is 5. The first-order valence-corrected chi connectivity index (χ1v) is 10.1.